The number of benzene rings is 2. The van der Waals surface area contributed by atoms with Crippen LogP contribution in [0.2, 0.25) is 0 Å². The number of rotatable bonds is 8. The van der Waals surface area contributed by atoms with Crippen LogP contribution in [0.15, 0.2) is 53.7 Å². The summed E-state index contributed by atoms with van der Waals surface area (Å²) in [5, 5.41) is 15.0. The van der Waals surface area contributed by atoms with Gasteiger partial charge in [-0.1, -0.05) is 42.4 Å². The lowest BCUT2D eigenvalue weighted by Crippen LogP contribution is -2.29. The number of carbonyl (C=O) groups is 1. The second kappa shape index (κ2) is 9.72. The first-order valence-electron chi connectivity index (χ1n) is 10.8. The van der Waals surface area contributed by atoms with E-state index in [0.29, 0.717) is 41.9 Å². The van der Waals surface area contributed by atoms with Crippen LogP contribution in [-0.4, -0.2) is 39.9 Å². The molecule has 1 N–H and O–H groups in total. The minimum Gasteiger partial charge on any atom is -0.493 e. The van der Waals surface area contributed by atoms with Crippen molar-refractivity contribution in [1.82, 2.24) is 20.2 Å². The van der Waals surface area contributed by atoms with Gasteiger partial charge in [0.2, 0.25) is 5.95 Å². The van der Waals surface area contributed by atoms with Crippen molar-refractivity contribution >= 4 is 11.9 Å². The molecule has 0 saturated heterocycles. The van der Waals surface area contributed by atoms with Gasteiger partial charge in [-0.15, -0.1) is 0 Å². The molecule has 1 aliphatic rings. The van der Waals surface area contributed by atoms with Gasteiger partial charge in [-0.25, -0.2) is 4.79 Å². The van der Waals surface area contributed by atoms with E-state index in [4.69, 9.17) is 14.2 Å². The van der Waals surface area contributed by atoms with Crippen molar-refractivity contribution in [2.75, 3.05) is 19.0 Å². The van der Waals surface area contributed by atoms with E-state index in [1.807, 2.05) is 63.2 Å². The lowest BCUT2D eigenvalue weighted by Gasteiger charge is -2.27. The molecule has 0 amide bonds. The number of nitrogens with one attached hydrogen (secondary N) is 1. The zero-order chi connectivity index (χ0) is 23.4. The summed E-state index contributed by atoms with van der Waals surface area (Å²) in [4.78, 5) is 12.9. The summed E-state index contributed by atoms with van der Waals surface area (Å²) in [6, 6.07) is 13.1. The van der Waals surface area contributed by atoms with Crippen molar-refractivity contribution < 1.29 is 19.0 Å². The molecule has 9 nitrogen and oxygen atoms in total. The predicted molar refractivity (Wildman–Crippen MR) is 122 cm³/mol. The molecular weight excluding hydrogens is 422 g/mol. The number of esters is 1. The van der Waals surface area contributed by atoms with E-state index in [1.165, 1.54) is 0 Å². The maximum Gasteiger partial charge on any atom is 0.338 e. The predicted octanol–water partition coefficient (Wildman–Crippen LogP) is 3.81. The molecule has 0 aliphatic carbocycles. The van der Waals surface area contributed by atoms with E-state index in [9.17, 15) is 4.79 Å². The molecule has 0 radical (unpaired) electrons. The molecule has 0 saturated carbocycles. The number of hydrogen-bond donors (Lipinski definition) is 1. The fraction of sp³-hybridized carbons (Fsp3) is 0.333. The van der Waals surface area contributed by atoms with Crippen LogP contribution < -0.4 is 14.8 Å². The smallest absolute Gasteiger partial charge is 0.338 e. The number of aryl methyl sites for hydroxylation is 1. The maximum absolute atomic E-state index is 12.9. The van der Waals surface area contributed by atoms with E-state index in [1.54, 1.807) is 11.8 Å². The van der Waals surface area contributed by atoms with Crippen LogP contribution >= 0.6 is 0 Å². The molecule has 172 valence electrons. The lowest BCUT2D eigenvalue weighted by atomic mass is 9.95. The molecule has 2 aromatic carbocycles. The van der Waals surface area contributed by atoms with E-state index >= 15 is 0 Å². The van der Waals surface area contributed by atoms with Gasteiger partial charge in [-0.05, 0) is 59.5 Å². The van der Waals surface area contributed by atoms with Gasteiger partial charge in [-0.3, -0.25) is 0 Å². The first-order valence-corrected chi connectivity index (χ1v) is 10.8. The van der Waals surface area contributed by atoms with Gasteiger partial charge in [-0.2, -0.15) is 4.68 Å². The van der Waals surface area contributed by atoms with Gasteiger partial charge in [0.25, 0.3) is 0 Å². The number of carbonyl (C=O) groups excluding carboxylic acids is 1. The molecule has 1 aliphatic heterocycles. The largest absolute Gasteiger partial charge is 0.493 e. The zero-order valence-corrected chi connectivity index (χ0v) is 19.2. The number of anilines is 1. The second-order valence-electron chi connectivity index (χ2n) is 7.77. The molecular formula is C24H27N5O4. The Hall–Kier alpha value is -3.88. The highest BCUT2D eigenvalue weighted by atomic mass is 16.5. The van der Waals surface area contributed by atoms with Crippen LogP contribution in [0.25, 0.3) is 0 Å². The van der Waals surface area contributed by atoms with Crippen LogP contribution in [0.1, 0.15) is 43.0 Å². The molecule has 1 unspecified atom stereocenters. The molecule has 33 heavy (non-hydrogen) atoms. The third-order valence-electron chi connectivity index (χ3n) is 5.52. The summed E-state index contributed by atoms with van der Waals surface area (Å²) in [5.74, 6) is 1.19. The Morgan fingerprint density at radius 1 is 1.15 bits per heavy atom. The molecule has 0 spiro atoms. The molecule has 1 aromatic heterocycles. The Morgan fingerprint density at radius 2 is 1.97 bits per heavy atom. The number of allylic oxidation sites excluding steroid dienone is 1. The standard InChI is InChI=1S/C24H27N5O4/c1-5-12-32-23(30)21-16(3)25-24-26-27-28-29(24)22(21)17-10-11-19(20(13-17)31-4)33-14-18-9-7-6-8-15(18)2/h6-11,13,22H,5,12,14H2,1-4H3,(H,25,26,28). The van der Waals surface area contributed by atoms with Gasteiger partial charge >= 0.3 is 5.97 Å². The van der Waals surface area contributed by atoms with Crippen LogP contribution in [0, 0.1) is 6.92 Å². The molecule has 1 atom stereocenters. The number of nitrogens with zero attached hydrogens (tertiary/aromatic N) is 4. The van der Waals surface area contributed by atoms with Gasteiger partial charge in [0.05, 0.1) is 19.3 Å². The number of methoxy groups -OCH3 is 1. The number of aromatic nitrogens is 4. The third-order valence-corrected chi connectivity index (χ3v) is 5.52. The van der Waals surface area contributed by atoms with Gasteiger partial charge in [0, 0.05) is 5.70 Å². The minimum absolute atomic E-state index is 0.333. The van der Waals surface area contributed by atoms with Crippen molar-refractivity contribution in [2.24, 2.45) is 0 Å². The number of fused-ring (bicyclic) bond motifs is 1. The van der Waals surface area contributed by atoms with Crippen molar-refractivity contribution in [3.05, 3.63) is 70.4 Å². The molecule has 0 bridgehead atoms. The maximum atomic E-state index is 12.9. The van der Waals surface area contributed by atoms with Crippen molar-refractivity contribution in [1.29, 1.82) is 0 Å². The van der Waals surface area contributed by atoms with Crippen LogP contribution in [0.4, 0.5) is 5.95 Å². The summed E-state index contributed by atoms with van der Waals surface area (Å²) in [7, 11) is 1.59. The van der Waals surface area contributed by atoms with E-state index < -0.39 is 12.0 Å². The lowest BCUT2D eigenvalue weighted by molar-refractivity contribution is -0.139. The molecule has 0 fully saturated rings. The highest BCUT2D eigenvalue weighted by molar-refractivity contribution is 5.92. The van der Waals surface area contributed by atoms with E-state index in [-0.39, 0.29) is 0 Å². The fourth-order valence-electron chi connectivity index (χ4n) is 3.76. The second-order valence-corrected chi connectivity index (χ2v) is 7.77. The fourth-order valence-corrected chi connectivity index (χ4v) is 3.76. The Kier molecular flexibility index (Phi) is 6.58. The number of hydrogen-bond acceptors (Lipinski definition) is 8. The first-order chi connectivity index (χ1) is 16.0. The number of ether oxygens (including phenoxy) is 3. The van der Waals surface area contributed by atoms with E-state index in [0.717, 1.165) is 23.1 Å². The van der Waals surface area contributed by atoms with Crippen LogP contribution in [0.3, 0.4) is 0 Å². The minimum atomic E-state index is -0.570. The van der Waals surface area contributed by atoms with Gasteiger partial charge in [0.15, 0.2) is 11.5 Å². The van der Waals surface area contributed by atoms with Crippen LogP contribution in [0.5, 0.6) is 11.5 Å². The molecule has 3 aromatic rings. The highest BCUT2D eigenvalue weighted by Crippen LogP contribution is 2.38. The SMILES string of the molecule is CCCOC(=O)C1=C(C)Nc2nnnn2C1c1ccc(OCc2ccccc2C)c(OC)c1. The third kappa shape index (κ3) is 4.52. The summed E-state index contributed by atoms with van der Waals surface area (Å²) < 4.78 is 18.7. The Morgan fingerprint density at radius 3 is 2.73 bits per heavy atom. The van der Waals surface area contributed by atoms with E-state index in [2.05, 4.69) is 20.8 Å². The molecule has 9 heteroatoms. The summed E-state index contributed by atoms with van der Waals surface area (Å²) in [5.41, 5.74) is 4.11. The number of tetrazole rings is 1. The molecule has 4 rings (SSSR count). The average Bonchev–Trinajstić information content (AvgIpc) is 3.29. The quantitative estimate of drug-likeness (QED) is 0.518. The van der Waals surface area contributed by atoms with Crippen molar-refractivity contribution in [3.8, 4) is 11.5 Å². The summed E-state index contributed by atoms with van der Waals surface area (Å²) >= 11 is 0. The van der Waals surface area contributed by atoms with Crippen molar-refractivity contribution in [2.45, 2.75) is 39.8 Å². The monoisotopic (exact) mass is 449 g/mol. The van der Waals surface area contributed by atoms with Crippen LogP contribution in [-0.2, 0) is 16.1 Å². The van der Waals surface area contributed by atoms with Gasteiger partial charge in [0.1, 0.15) is 12.6 Å². The zero-order valence-electron chi connectivity index (χ0n) is 19.2. The molecule has 2 heterocycles. The normalized spacial score (nSPS) is 15.0. The Bertz CT molecular complexity index is 1190. The first kappa shape index (κ1) is 22.3. The average molecular weight is 450 g/mol. The van der Waals surface area contributed by atoms with Gasteiger partial charge < -0.3 is 19.5 Å². The Labute approximate surface area is 192 Å². The van der Waals surface area contributed by atoms with Crippen molar-refractivity contribution in [3.63, 3.8) is 0 Å². The summed E-state index contributed by atoms with van der Waals surface area (Å²) in [6.45, 7) is 6.56. The topological polar surface area (TPSA) is 100 Å². The Balaban J connectivity index is 1.67. The summed E-state index contributed by atoms with van der Waals surface area (Å²) in [6.07, 6.45) is 0.729. The highest BCUT2D eigenvalue weighted by Gasteiger charge is 2.35.